The highest BCUT2D eigenvalue weighted by Crippen LogP contribution is 2.41. The zero-order valence-corrected chi connectivity index (χ0v) is 10.0. The number of carboxylic acids is 1. The third-order valence-electron chi connectivity index (χ3n) is 1.74. The van der Waals surface area contributed by atoms with Crippen LogP contribution in [-0.2, 0) is 6.61 Å². The van der Waals surface area contributed by atoms with Gasteiger partial charge in [-0.3, -0.25) is 0 Å². The molecule has 0 saturated carbocycles. The van der Waals surface area contributed by atoms with Crippen molar-refractivity contribution in [1.82, 2.24) is 0 Å². The number of carboxylic acid groups (broad SMARTS) is 1. The van der Waals surface area contributed by atoms with Crippen LogP contribution in [0.2, 0.25) is 20.1 Å². The highest BCUT2D eigenvalue weighted by atomic mass is 35.5. The molecule has 0 fully saturated rings. The van der Waals surface area contributed by atoms with Crippen LogP contribution in [0.3, 0.4) is 0 Å². The molecule has 0 aliphatic rings. The maximum absolute atomic E-state index is 10.9. The molecule has 1 rings (SSSR count). The fraction of sp³-hybridized carbons (Fsp3) is 0.125. The Morgan fingerprint density at radius 2 is 1.47 bits per heavy atom. The summed E-state index contributed by atoms with van der Waals surface area (Å²) in [7, 11) is 0. The Morgan fingerprint density at radius 3 is 1.87 bits per heavy atom. The molecule has 0 heterocycles. The SMILES string of the molecule is O=C(O)c1c(Cl)c(Cl)c(Cl)c(Cl)c1CO. The predicted molar refractivity (Wildman–Crippen MR) is 59.4 cm³/mol. The zero-order chi connectivity index (χ0) is 11.7. The molecule has 0 unspecified atom stereocenters. The summed E-state index contributed by atoms with van der Waals surface area (Å²) in [6, 6.07) is 0. The largest absolute Gasteiger partial charge is 0.478 e. The van der Waals surface area contributed by atoms with E-state index in [1.54, 1.807) is 0 Å². The zero-order valence-electron chi connectivity index (χ0n) is 7.02. The molecule has 82 valence electrons. The number of hydrogen-bond donors (Lipinski definition) is 2. The first-order chi connectivity index (χ1) is 6.91. The van der Waals surface area contributed by atoms with Gasteiger partial charge in [-0.1, -0.05) is 46.4 Å². The summed E-state index contributed by atoms with van der Waals surface area (Å²) in [6.07, 6.45) is 0. The van der Waals surface area contributed by atoms with E-state index >= 15 is 0 Å². The number of halogens is 4. The van der Waals surface area contributed by atoms with Crippen molar-refractivity contribution in [2.24, 2.45) is 0 Å². The second kappa shape index (κ2) is 4.76. The molecule has 0 bridgehead atoms. The van der Waals surface area contributed by atoms with Gasteiger partial charge in [-0.25, -0.2) is 4.79 Å². The van der Waals surface area contributed by atoms with Gasteiger partial charge >= 0.3 is 5.97 Å². The molecule has 2 N–H and O–H groups in total. The molecule has 0 aliphatic heterocycles. The minimum atomic E-state index is -1.33. The van der Waals surface area contributed by atoms with E-state index in [9.17, 15) is 4.79 Å². The summed E-state index contributed by atoms with van der Waals surface area (Å²) in [5.74, 6) is -1.33. The normalized spacial score (nSPS) is 10.5. The number of benzene rings is 1. The lowest BCUT2D eigenvalue weighted by Crippen LogP contribution is -2.05. The molecule has 3 nitrogen and oxygen atoms in total. The maximum atomic E-state index is 10.9. The minimum Gasteiger partial charge on any atom is -0.478 e. The van der Waals surface area contributed by atoms with Gasteiger partial charge in [-0.15, -0.1) is 0 Å². The van der Waals surface area contributed by atoms with E-state index in [0.29, 0.717) is 0 Å². The maximum Gasteiger partial charge on any atom is 0.337 e. The monoisotopic (exact) mass is 288 g/mol. The first-order valence-corrected chi connectivity index (χ1v) is 5.12. The topological polar surface area (TPSA) is 57.5 Å². The van der Waals surface area contributed by atoms with E-state index in [2.05, 4.69) is 0 Å². The van der Waals surface area contributed by atoms with E-state index < -0.39 is 12.6 Å². The number of aliphatic hydroxyl groups excluding tert-OH is 1. The fourth-order valence-electron chi connectivity index (χ4n) is 1.05. The highest BCUT2D eigenvalue weighted by Gasteiger charge is 2.23. The Morgan fingerprint density at radius 1 is 1.00 bits per heavy atom. The van der Waals surface area contributed by atoms with Crippen molar-refractivity contribution in [2.45, 2.75) is 6.61 Å². The van der Waals surface area contributed by atoms with Gasteiger partial charge in [0.1, 0.15) is 0 Å². The van der Waals surface area contributed by atoms with Crippen molar-refractivity contribution in [3.8, 4) is 0 Å². The van der Waals surface area contributed by atoms with Crippen molar-refractivity contribution in [1.29, 1.82) is 0 Å². The lowest BCUT2D eigenvalue weighted by atomic mass is 10.1. The number of aliphatic hydroxyl groups is 1. The van der Waals surface area contributed by atoms with Gasteiger partial charge in [0.15, 0.2) is 0 Å². The van der Waals surface area contributed by atoms with Crippen molar-refractivity contribution in [3.63, 3.8) is 0 Å². The average Bonchev–Trinajstić information content (AvgIpc) is 2.19. The molecular weight excluding hydrogens is 286 g/mol. The predicted octanol–water partition coefficient (Wildman–Crippen LogP) is 3.49. The lowest BCUT2D eigenvalue weighted by Gasteiger charge is -2.11. The van der Waals surface area contributed by atoms with Gasteiger partial charge in [-0.05, 0) is 0 Å². The fourth-order valence-corrected chi connectivity index (χ4v) is 2.08. The van der Waals surface area contributed by atoms with Gasteiger partial charge in [0.05, 0.1) is 32.3 Å². The number of aromatic carboxylic acids is 1. The molecule has 0 amide bonds. The van der Waals surface area contributed by atoms with Crippen molar-refractivity contribution >= 4 is 52.4 Å². The molecule has 1 aromatic rings. The Hall–Kier alpha value is -0.190. The lowest BCUT2D eigenvalue weighted by molar-refractivity contribution is 0.0693. The van der Waals surface area contributed by atoms with Crippen LogP contribution in [0.5, 0.6) is 0 Å². The molecule has 0 atom stereocenters. The summed E-state index contributed by atoms with van der Waals surface area (Å²) < 4.78 is 0. The van der Waals surface area contributed by atoms with E-state index in [1.165, 1.54) is 0 Å². The van der Waals surface area contributed by atoms with E-state index in [4.69, 9.17) is 56.6 Å². The molecule has 0 aliphatic carbocycles. The number of carbonyl (C=O) groups is 1. The van der Waals surface area contributed by atoms with Gasteiger partial charge in [0.2, 0.25) is 0 Å². The summed E-state index contributed by atoms with van der Waals surface area (Å²) in [5.41, 5.74) is -0.387. The van der Waals surface area contributed by atoms with Gasteiger partial charge in [-0.2, -0.15) is 0 Å². The molecule has 1 aromatic carbocycles. The van der Waals surface area contributed by atoms with Crippen LogP contribution in [0.4, 0.5) is 0 Å². The second-order valence-corrected chi connectivity index (χ2v) is 4.08. The van der Waals surface area contributed by atoms with Gasteiger partial charge in [0.25, 0.3) is 0 Å². The van der Waals surface area contributed by atoms with Crippen molar-refractivity contribution in [3.05, 3.63) is 31.2 Å². The Labute approximate surface area is 105 Å². The Balaban J connectivity index is 3.70. The summed E-state index contributed by atoms with van der Waals surface area (Å²) in [5, 5.41) is 17.3. The smallest absolute Gasteiger partial charge is 0.337 e. The molecular formula is C8H4Cl4O3. The first-order valence-electron chi connectivity index (χ1n) is 3.60. The van der Waals surface area contributed by atoms with E-state index in [-0.39, 0.29) is 31.2 Å². The van der Waals surface area contributed by atoms with Crippen LogP contribution in [0.15, 0.2) is 0 Å². The molecule has 0 saturated heterocycles. The van der Waals surface area contributed by atoms with Crippen molar-refractivity contribution < 1.29 is 15.0 Å². The summed E-state index contributed by atoms with van der Waals surface area (Å²) in [4.78, 5) is 10.9. The Kier molecular flexibility index (Phi) is 4.09. The molecule has 0 spiro atoms. The summed E-state index contributed by atoms with van der Waals surface area (Å²) in [6.45, 7) is -0.586. The van der Waals surface area contributed by atoms with Crippen LogP contribution >= 0.6 is 46.4 Å². The third kappa shape index (κ3) is 2.17. The average molecular weight is 290 g/mol. The van der Waals surface area contributed by atoms with Crippen molar-refractivity contribution in [2.75, 3.05) is 0 Å². The van der Waals surface area contributed by atoms with Gasteiger partial charge < -0.3 is 10.2 Å². The van der Waals surface area contributed by atoms with E-state index in [0.717, 1.165) is 0 Å². The van der Waals surface area contributed by atoms with Crippen LogP contribution < -0.4 is 0 Å². The molecule has 0 radical (unpaired) electrons. The van der Waals surface area contributed by atoms with Crippen LogP contribution in [0.25, 0.3) is 0 Å². The third-order valence-corrected chi connectivity index (χ3v) is 3.58. The van der Waals surface area contributed by atoms with E-state index in [1.807, 2.05) is 0 Å². The van der Waals surface area contributed by atoms with Crippen LogP contribution in [0, 0.1) is 0 Å². The molecule has 15 heavy (non-hydrogen) atoms. The number of rotatable bonds is 2. The minimum absolute atomic E-state index is 0.0523. The van der Waals surface area contributed by atoms with Crippen LogP contribution in [-0.4, -0.2) is 16.2 Å². The van der Waals surface area contributed by atoms with Gasteiger partial charge in [0, 0.05) is 5.56 Å². The molecule has 0 aromatic heterocycles. The summed E-state index contributed by atoms with van der Waals surface area (Å²) >= 11 is 22.8. The standard InChI is InChI=1S/C8H4Cl4O3/c9-4-2(1-13)3(8(14)15)5(10)7(12)6(4)11/h13H,1H2,(H,14,15). The Bertz CT molecular complexity index is 431. The number of hydrogen-bond acceptors (Lipinski definition) is 2. The highest BCUT2D eigenvalue weighted by molar-refractivity contribution is 6.53. The van der Waals surface area contributed by atoms with Crippen LogP contribution in [0.1, 0.15) is 15.9 Å². The quantitative estimate of drug-likeness (QED) is 0.647. The first kappa shape index (κ1) is 12.9. The molecule has 7 heteroatoms. The second-order valence-electron chi connectivity index (χ2n) is 2.57.